The molecule has 2 rings (SSSR count). The number of nitrogens with one attached hydrogen (secondary N) is 1. The van der Waals surface area contributed by atoms with E-state index >= 15 is 0 Å². The first-order valence-corrected chi connectivity index (χ1v) is 7.09. The van der Waals surface area contributed by atoms with Crippen LogP contribution in [-0.4, -0.2) is 28.2 Å². The summed E-state index contributed by atoms with van der Waals surface area (Å²) in [5.41, 5.74) is 3.32. The number of halogens is 1. The fraction of sp³-hybridized carbons (Fsp3) is 0.538. The molecule has 0 aliphatic carbocycles. The third-order valence-electron chi connectivity index (χ3n) is 3.26. The minimum absolute atomic E-state index is 0.559. The molecule has 94 valence electrons. The highest BCUT2D eigenvalue weighted by atomic mass is 79.9. The molecular weight excluding hydrogens is 282 g/mol. The van der Waals surface area contributed by atoms with Gasteiger partial charge in [-0.3, -0.25) is 0 Å². The molecule has 17 heavy (non-hydrogen) atoms. The van der Waals surface area contributed by atoms with Gasteiger partial charge in [0.05, 0.1) is 6.10 Å². The van der Waals surface area contributed by atoms with Gasteiger partial charge < -0.3 is 15.5 Å². The summed E-state index contributed by atoms with van der Waals surface area (Å²) in [5.74, 6) is 0. The van der Waals surface area contributed by atoms with E-state index in [4.69, 9.17) is 0 Å². The average molecular weight is 300 g/mol. The molecule has 0 radical (unpaired) electrons. The number of aliphatic hydroxyl groups excluding tert-OH is 2. The number of rotatable bonds is 4. The Morgan fingerprint density at radius 2 is 2.18 bits per heavy atom. The van der Waals surface area contributed by atoms with E-state index < -0.39 is 12.2 Å². The van der Waals surface area contributed by atoms with E-state index in [1.165, 1.54) is 11.1 Å². The predicted octanol–water partition coefficient (Wildman–Crippen LogP) is 1.51. The van der Waals surface area contributed by atoms with Crippen molar-refractivity contribution in [2.75, 3.05) is 11.9 Å². The Labute approximate surface area is 110 Å². The Bertz CT molecular complexity index is 384. The first-order chi connectivity index (χ1) is 8.24. The van der Waals surface area contributed by atoms with Gasteiger partial charge in [-0.2, -0.15) is 0 Å². The van der Waals surface area contributed by atoms with Crippen LogP contribution in [0.2, 0.25) is 0 Å². The molecule has 0 saturated carbocycles. The molecule has 1 aromatic rings. The second-order valence-corrected chi connectivity index (χ2v) is 5.19. The van der Waals surface area contributed by atoms with Crippen LogP contribution in [0.4, 0.5) is 0 Å². The number of benzene rings is 1. The fourth-order valence-corrected chi connectivity index (χ4v) is 2.78. The highest BCUT2D eigenvalue weighted by molar-refractivity contribution is 9.09. The summed E-state index contributed by atoms with van der Waals surface area (Å²) in [4.78, 5) is 0. The summed E-state index contributed by atoms with van der Waals surface area (Å²) in [6.45, 7) is 1.79. The van der Waals surface area contributed by atoms with Gasteiger partial charge in [0.15, 0.2) is 0 Å². The van der Waals surface area contributed by atoms with Crippen molar-refractivity contribution >= 4 is 15.9 Å². The minimum Gasteiger partial charge on any atom is -0.390 e. The van der Waals surface area contributed by atoms with Crippen LogP contribution in [0, 0.1) is 0 Å². The van der Waals surface area contributed by atoms with Gasteiger partial charge in [0.25, 0.3) is 0 Å². The number of hydrogen-bond donors (Lipinski definition) is 3. The van der Waals surface area contributed by atoms with Gasteiger partial charge in [0.1, 0.15) is 6.10 Å². The average Bonchev–Trinajstić information content (AvgIpc) is 2.37. The van der Waals surface area contributed by atoms with Crippen molar-refractivity contribution < 1.29 is 10.2 Å². The van der Waals surface area contributed by atoms with Crippen LogP contribution in [0.25, 0.3) is 0 Å². The Morgan fingerprint density at radius 1 is 1.35 bits per heavy atom. The molecule has 0 spiro atoms. The number of hydrogen-bond acceptors (Lipinski definition) is 3. The maximum atomic E-state index is 10.2. The van der Waals surface area contributed by atoms with Crippen molar-refractivity contribution in [3.05, 3.63) is 34.9 Å². The zero-order chi connectivity index (χ0) is 12.3. The molecule has 1 aliphatic heterocycles. The van der Waals surface area contributed by atoms with Crippen molar-refractivity contribution in [3.8, 4) is 0 Å². The second kappa shape index (κ2) is 5.96. The molecule has 4 heteroatoms. The highest BCUT2D eigenvalue weighted by Crippen LogP contribution is 2.27. The summed E-state index contributed by atoms with van der Waals surface area (Å²) in [7, 11) is 0. The third kappa shape index (κ3) is 2.88. The Morgan fingerprint density at radius 3 is 2.94 bits per heavy atom. The van der Waals surface area contributed by atoms with E-state index in [1.807, 2.05) is 12.1 Å². The van der Waals surface area contributed by atoms with Crippen molar-refractivity contribution in [2.45, 2.75) is 31.6 Å². The molecule has 0 aromatic heterocycles. The van der Waals surface area contributed by atoms with Crippen LogP contribution >= 0.6 is 15.9 Å². The molecule has 1 aliphatic rings. The van der Waals surface area contributed by atoms with Crippen LogP contribution in [-0.2, 0) is 13.0 Å². The molecule has 0 amide bonds. The van der Waals surface area contributed by atoms with Gasteiger partial charge >= 0.3 is 0 Å². The Kier molecular flexibility index (Phi) is 4.56. The lowest BCUT2D eigenvalue weighted by atomic mass is 9.90. The first kappa shape index (κ1) is 13.0. The Hall–Kier alpha value is -0.420. The third-order valence-corrected chi connectivity index (χ3v) is 3.72. The molecule has 0 bridgehead atoms. The monoisotopic (exact) mass is 299 g/mol. The summed E-state index contributed by atoms with van der Waals surface area (Å²) >= 11 is 3.28. The van der Waals surface area contributed by atoms with Crippen LogP contribution < -0.4 is 5.32 Å². The normalized spacial score (nSPS) is 18.5. The van der Waals surface area contributed by atoms with Gasteiger partial charge in [-0.1, -0.05) is 34.1 Å². The number of alkyl halides is 1. The molecule has 3 nitrogen and oxygen atoms in total. The van der Waals surface area contributed by atoms with E-state index in [9.17, 15) is 10.2 Å². The zero-order valence-corrected chi connectivity index (χ0v) is 11.3. The lowest BCUT2D eigenvalue weighted by molar-refractivity contribution is 0.0167. The molecular formula is C13H18BrNO2. The Balaban J connectivity index is 2.25. The predicted molar refractivity (Wildman–Crippen MR) is 71.2 cm³/mol. The topological polar surface area (TPSA) is 52.5 Å². The summed E-state index contributed by atoms with van der Waals surface area (Å²) in [6.07, 6.45) is 0.00326. The van der Waals surface area contributed by atoms with Gasteiger partial charge in [-0.15, -0.1) is 0 Å². The zero-order valence-electron chi connectivity index (χ0n) is 9.69. The molecule has 1 heterocycles. The van der Waals surface area contributed by atoms with Crippen LogP contribution in [0.3, 0.4) is 0 Å². The second-order valence-electron chi connectivity index (χ2n) is 4.40. The first-order valence-electron chi connectivity index (χ1n) is 5.97. The van der Waals surface area contributed by atoms with Crippen LogP contribution in [0.5, 0.6) is 0 Å². The molecule has 3 N–H and O–H groups in total. The largest absolute Gasteiger partial charge is 0.390 e. The lowest BCUT2D eigenvalue weighted by Crippen LogP contribution is -2.27. The molecule has 2 unspecified atom stereocenters. The smallest absolute Gasteiger partial charge is 0.105 e. The van der Waals surface area contributed by atoms with E-state index in [-0.39, 0.29) is 0 Å². The highest BCUT2D eigenvalue weighted by Gasteiger charge is 2.22. The van der Waals surface area contributed by atoms with Gasteiger partial charge in [0.2, 0.25) is 0 Å². The standard InChI is InChI=1S/C13H18BrNO2/c14-6-4-12(16)13(17)11-3-1-2-9-8-15-7-5-10(9)11/h1-3,12-13,15-17H,4-8H2. The molecule has 0 saturated heterocycles. The van der Waals surface area contributed by atoms with Gasteiger partial charge in [-0.05, 0) is 36.1 Å². The summed E-state index contributed by atoms with van der Waals surface area (Å²) < 4.78 is 0. The SMILES string of the molecule is OC(CCBr)C(O)c1cccc2c1CCNC2. The van der Waals surface area contributed by atoms with E-state index in [1.54, 1.807) is 0 Å². The van der Waals surface area contributed by atoms with Crippen molar-refractivity contribution in [1.29, 1.82) is 0 Å². The fourth-order valence-electron chi connectivity index (χ4n) is 2.32. The maximum absolute atomic E-state index is 10.2. The summed E-state index contributed by atoms with van der Waals surface area (Å²) in [5, 5.41) is 24.1. The number of aliphatic hydroxyl groups is 2. The minimum atomic E-state index is -0.777. The van der Waals surface area contributed by atoms with E-state index in [0.717, 1.165) is 25.1 Å². The van der Waals surface area contributed by atoms with Crippen LogP contribution in [0.1, 0.15) is 29.2 Å². The quantitative estimate of drug-likeness (QED) is 0.739. The molecule has 2 atom stereocenters. The molecule has 0 fully saturated rings. The van der Waals surface area contributed by atoms with Gasteiger partial charge in [-0.25, -0.2) is 0 Å². The van der Waals surface area contributed by atoms with Gasteiger partial charge in [0, 0.05) is 11.9 Å². The maximum Gasteiger partial charge on any atom is 0.105 e. The van der Waals surface area contributed by atoms with Crippen LogP contribution in [0.15, 0.2) is 18.2 Å². The van der Waals surface area contributed by atoms with E-state index in [0.29, 0.717) is 11.8 Å². The molecule has 1 aromatic carbocycles. The van der Waals surface area contributed by atoms with E-state index in [2.05, 4.69) is 27.3 Å². The van der Waals surface area contributed by atoms with Crippen molar-refractivity contribution in [2.24, 2.45) is 0 Å². The lowest BCUT2D eigenvalue weighted by Gasteiger charge is -2.25. The number of fused-ring (bicyclic) bond motifs is 1. The van der Waals surface area contributed by atoms with Crippen molar-refractivity contribution in [3.63, 3.8) is 0 Å². The van der Waals surface area contributed by atoms with Crippen molar-refractivity contribution in [1.82, 2.24) is 5.32 Å². The summed E-state index contributed by atoms with van der Waals surface area (Å²) in [6, 6.07) is 5.95.